The van der Waals surface area contributed by atoms with Crippen molar-refractivity contribution < 1.29 is 9.84 Å². The predicted molar refractivity (Wildman–Crippen MR) is 127 cm³/mol. The first-order valence-electron chi connectivity index (χ1n) is 10.5. The Hall–Kier alpha value is -2.81. The summed E-state index contributed by atoms with van der Waals surface area (Å²) >= 11 is 8.09. The Morgan fingerprint density at radius 3 is 2.44 bits per heavy atom. The molecule has 0 radical (unpaired) electrons. The third-order valence-electron chi connectivity index (χ3n) is 5.87. The van der Waals surface area contributed by atoms with E-state index in [0.717, 1.165) is 42.4 Å². The molecule has 4 aromatic rings. The van der Waals surface area contributed by atoms with Gasteiger partial charge in [0.2, 0.25) is 10.8 Å². The molecule has 0 saturated carbocycles. The summed E-state index contributed by atoms with van der Waals surface area (Å²) in [4.78, 5) is 10.7. The van der Waals surface area contributed by atoms with Crippen LogP contribution in [0.25, 0.3) is 4.96 Å². The number of piperazine rings is 1. The van der Waals surface area contributed by atoms with Gasteiger partial charge in [-0.2, -0.15) is 4.52 Å². The number of fused-ring (bicyclic) bond motifs is 1. The van der Waals surface area contributed by atoms with Crippen molar-refractivity contribution >= 4 is 33.6 Å². The molecule has 2 aromatic heterocycles. The van der Waals surface area contributed by atoms with Crippen molar-refractivity contribution in [2.24, 2.45) is 0 Å². The van der Waals surface area contributed by atoms with Crippen LogP contribution in [-0.2, 0) is 0 Å². The molecule has 32 heavy (non-hydrogen) atoms. The highest BCUT2D eigenvalue weighted by Gasteiger charge is 2.32. The number of hydrogen-bond acceptors (Lipinski definition) is 7. The smallest absolute Gasteiger partial charge is 0.230 e. The Balaban J connectivity index is 1.45. The van der Waals surface area contributed by atoms with Gasteiger partial charge in [-0.15, -0.1) is 5.10 Å². The van der Waals surface area contributed by atoms with Crippen LogP contribution >= 0.6 is 22.9 Å². The number of halogens is 1. The van der Waals surface area contributed by atoms with Gasteiger partial charge in [0.25, 0.3) is 0 Å². The standard InChI is InChI=1S/C23H24ClN5O2S/c1-15-25-23-29(26-15)22(30)21(32-23)20(18-5-3-4-6-19(18)24)28-13-11-27(12-14-28)16-7-9-17(31-2)10-8-16/h3-10,20,30H,11-14H2,1-2H3/t20-/m0/s1. The Morgan fingerprint density at radius 2 is 1.78 bits per heavy atom. The molecular weight excluding hydrogens is 446 g/mol. The maximum atomic E-state index is 11.0. The molecule has 3 heterocycles. The van der Waals surface area contributed by atoms with Gasteiger partial charge in [0.15, 0.2) is 0 Å². The molecule has 166 valence electrons. The molecule has 2 aromatic carbocycles. The van der Waals surface area contributed by atoms with Crippen LogP contribution in [0, 0.1) is 6.92 Å². The topological polar surface area (TPSA) is 66.1 Å². The van der Waals surface area contributed by atoms with Gasteiger partial charge in [-0.25, -0.2) is 4.98 Å². The van der Waals surface area contributed by atoms with Crippen LogP contribution in [0.5, 0.6) is 11.6 Å². The Labute approximate surface area is 195 Å². The number of hydrogen-bond donors (Lipinski definition) is 1. The summed E-state index contributed by atoms with van der Waals surface area (Å²) in [6.45, 7) is 5.21. The van der Waals surface area contributed by atoms with Crippen molar-refractivity contribution in [1.29, 1.82) is 0 Å². The second-order valence-electron chi connectivity index (χ2n) is 7.79. The average Bonchev–Trinajstić information content (AvgIpc) is 3.33. The lowest BCUT2D eigenvalue weighted by atomic mass is 10.0. The number of thiazole rings is 1. The van der Waals surface area contributed by atoms with Crippen LogP contribution < -0.4 is 9.64 Å². The van der Waals surface area contributed by atoms with Gasteiger partial charge in [0.1, 0.15) is 11.6 Å². The molecule has 5 rings (SSSR count). The predicted octanol–water partition coefficient (Wildman–Crippen LogP) is 4.38. The Morgan fingerprint density at radius 1 is 1.06 bits per heavy atom. The van der Waals surface area contributed by atoms with Crippen molar-refractivity contribution in [1.82, 2.24) is 19.5 Å². The minimum Gasteiger partial charge on any atom is -0.497 e. The largest absolute Gasteiger partial charge is 0.497 e. The minimum atomic E-state index is -0.171. The van der Waals surface area contributed by atoms with E-state index in [-0.39, 0.29) is 11.9 Å². The number of anilines is 1. The molecule has 0 spiro atoms. The zero-order valence-electron chi connectivity index (χ0n) is 17.9. The normalized spacial score (nSPS) is 15.9. The van der Waals surface area contributed by atoms with E-state index < -0.39 is 0 Å². The number of aryl methyl sites for hydroxylation is 1. The summed E-state index contributed by atoms with van der Waals surface area (Å²) in [6, 6.07) is 15.8. The summed E-state index contributed by atoms with van der Waals surface area (Å²) in [6.07, 6.45) is 0. The second kappa shape index (κ2) is 8.61. The molecule has 1 aliphatic rings. The van der Waals surface area contributed by atoms with Crippen LogP contribution in [0.4, 0.5) is 5.69 Å². The molecule has 1 fully saturated rings. The first-order valence-corrected chi connectivity index (χ1v) is 11.7. The fraction of sp³-hybridized carbons (Fsp3) is 0.304. The molecule has 9 heteroatoms. The molecule has 0 amide bonds. The number of nitrogens with zero attached hydrogens (tertiary/aromatic N) is 5. The van der Waals surface area contributed by atoms with Crippen molar-refractivity contribution in [2.75, 3.05) is 38.2 Å². The fourth-order valence-corrected chi connectivity index (χ4v) is 5.65. The highest BCUT2D eigenvalue weighted by Crippen LogP contribution is 2.42. The minimum absolute atomic E-state index is 0.133. The van der Waals surface area contributed by atoms with Gasteiger partial charge in [0, 0.05) is 36.9 Å². The maximum Gasteiger partial charge on any atom is 0.230 e. The summed E-state index contributed by atoms with van der Waals surface area (Å²) in [5.41, 5.74) is 2.15. The number of aromatic nitrogens is 3. The van der Waals surface area contributed by atoms with Crippen molar-refractivity contribution in [3.8, 4) is 11.6 Å². The third kappa shape index (κ3) is 3.79. The zero-order chi connectivity index (χ0) is 22.2. The first kappa shape index (κ1) is 21.1. The van der Waals surface area contributed by atoms with E-state index in [9.17, 15) is 5.11 Å². The average molecular weight is 470 g/mol. The highest BCUT2D eigenvalue weighted by atomic mass is 35.5. The molecular formula is C23H24ClN5O2S. The third-order valence-corrected chi connectivity index (χ3v) is 7.29. The SMILES string of the molecule is COc1ccc(N2CCN([C@@H](c3ccccc3Cl)c3sc4nc(C)nn4c3O)CC2)cc1. The molecule has 1 aliphatic heterocycles. The molecule has 7 nitrogen and oxygen atoms in total. The quantitative estimate of drug-likeness (QED) is 0.468. The monoisotopic (exact) mass is 469 g/mol. The van der Waals surface area contributed by atoms with E-state index in [2.05, 4.69) is 32.0 Å². The molecule has 1 saturated heterocycles. The van der Waals surface area contributed by atoms with Crippen LogP contribution in [0.2, 0.25) is 5.02 Å². The number of ether oxygens (including phenoxy) is 1. The van der Waals surface area contributed by atoms with E-state index in [1.807, 2.05) is 43.3 Å². The van der Waals surface area contributed by atoms with Crippen LogP contribution in [0.3, 0.4) is 0 Å². The number of methoxy groups -OCH3 is 1. The van der Waals surface area contributed by atoms with Crippen molar-refractivity contribution in [3.63, 3.8) is 0 Å². The fourth-order valence-electron chi connectivity index (χ4n) is 4.26. The summed E-state index contributed by atoms with van der Waals surface area (Å²) < 4.78 is 6.80. The van der Waals surface area contributed by atoms with Gasteiger partial charge in [-0.05, 0) is 42.8 Å². The molecule has 0 bridgehead atoms. The summed E-state index contributed by atoms with van der Waals surface area (Å²) in [5, 5.41) is 16.0. The van der Waals surface area contributed by atoms with E-state index in [1.54, 1.807) is 7.11 Å². The molecule has 1 N–H and O–H groups in total. The molecule has 0 aliphatic carbocycles. The molecule has 1 atom stereocenters. The van der Waals surface area contributed by atoms with Crippen LogP contribution in [-0.4, -0.2) is 57.9 Å². The van der Waals surface area contributed by atoms with Crippen molar-refractivity contribution in [3.05, 3.63) is 69.8 Å². The van der Waals surface area contributed by atoms with Crippen LogP contribution in [0.15, 0.2) is 48.5 Å². The number of aromatic hydroxyl groups is 1. The van der Waals surface area contributed by atoms with E-state index in [1.165, 1.54) is 21.5 Å². The van der Waals surface area contributed by atoms with Gasteiger partial charge in [-0.3, -0.25) is 4.90 Å². The highest BCUT2D eigenvalue weighted by molar-refractivity contribution is 7.17. The number of rotatable bonds is 5. The van der Waals surface area contributed by atoms with Crippen LogP contribution in [0.1, 0.15) is 22.3 Å². The van der Waals surface area contributed by atoms with Gasteiger partial charge in [0.05, 0.1) is 18.0 Å². The lowest BCUT2D eigenvalue weighted by Gasteiger charge is -2.40. The van der Waals surface area contributed by atoms with E-state index in [0.29, 0.717) is 15.8 Å². The molecule has 0 unspecified atom stereocenters. The lowest BCUT2D eigenvalue weighted by Crippen LogP contribution is -2.47. The zero-order valence-corrected chi connectivity index (χ0v) is 19.5. The summed E-state index contributed by atoms with van der Waals surface area (Å²) in [7, 11) is 1.68. The van der Waals surface area contributed by atoms with Gasteiger partial charge in [-0.1, -0.05) is 41.1 Å². The second-order valence-corrected chi connectivity index (χ2v) is 9.20. The van der Waals surface area contributed by atoms with Gasteiger partial charge < -0.3 is 14.7 Å². The summed E-state index contributed by atoms with van der Waals surface area (Å²) in [5.74, 6) is 1.63. The van der Waals surface area contributed by atoms with Crippen molar-refractivity contribution in [2.45, 2.75) is 13.0 Å². The number of benzene rings is 2. The van der Waals surface area contributed by atoms with E-state index >= 15 is 0 Å². The lowest BCUT2D eigenvalue weighted by molar-refractivity contribution is 0.211. The van der Waals surface area contributed by atoms with E-state index in [4.69, 9.17) is 16.3 Å². The Kier molecular flexibility index (Phi) is 5.67. The Bertz CT molecular complexity index is 1230. The maximum absolute atomic E-state index is 11.0. The van der Waals surface area contributed by atoms with Gasteiger partial charge >= 0.3 is 0 Å². The first-order chi connectivity index (χ1) is 15.5.